The first-order chi connectivity index (χ1) is 8.66. The lowest BCUT2D eigenvalue weighted by atomic mass is 10.1. The highest BCUT2D eigenvalue weighted by Gasteiger charge is 2.20. The molecular formula is C10H9ClN4O3. The van der Waals surface area contributed by atoms with Gasteiger partial charge in [-0.1, -0.05) is 29.8 Å². The molecule has 0 fully saturated rings. The fourth-order valence-electron chi connectivity index (χ4n) is 1.48. The Kier molecular flexibility index (Phi) is 3.73. The number of carboxylic acid groups (broad SMARTS) is 1. The van der Waals surface area contributed by atoms with E-state index >= 15 is 0 Å². The Balaban J connectivity index is 2.25. The zero-order valence-electron chi connectivity index (χ0n) is 9.10. The molecule has 18 heavy (non-hydrogen) atoms. The van der Waals surface area contributed by atoms with Gasteiger partial charge in [-0.05, 0) is 11.3 Å². The maximum Gasteiger partial charge on any atom is 0.506 e. The highest BCUT2D eigenvalue weighted by molar-refractivity contribution is 6.31. The Bertz CT molecular complexity index is 532. The summed E-state index contributed by atoms with van der Waals surface area (Å²) in [5, 5.41) is 20.1. The summed E-state index contributed by atoms with van der Waals surface area (Å²) >= 11 is 6.00. The summed E-state index contributed by atoms with van der Waals surface area (Å²) in [4.78, 5) is 11.9. The normalized spacial score (nSPS) is 12.1. The van der Waals surface area contributed by atoms with Crippen molar-refractivity contribution >= 4 is 17.8 Å². The second-order valence-electron chi connectivity index (χ2n) is 3.38. The number of tetrazole rings is 1. The third-order valence-corrected chi connectivity index (χ3v) is 2.56. The molecule has 1 aromatic carbocycles. The van der Waals surface area contributed by atoms with Crippen LogP contribution in [0.1, 0.15) is 11.7 Å². The predicted molar refractivity (Wildman–Crippen MR) is 61.1 cm³/mol. The van der Waals surface area contributed by atoms with Crippen LogP contribution < -0.4 is 0 Å². The van der Waals surface area contributed by atoms with E-state index in [9.17, 15) is 4.79 Å². The van der Waals surface area contributed by atoms with Crippen LogP contribution in [0.2, 0.25) is 5.02 Å². The molecular weight excluding hydrogens is 260 g/mol. The van der Waals surface area contributed by atoms with E-state index in [-0.39, 0.29) is 6.54 Å². The molecule has 0 aliphatic heterocycles. The third kappa shape index (κ3) is 2.95. The minimum absolute atomic E-state index is 0.107. The minimum atomic E-state index is -1.39. The van der Waals surface area contributed by atoms with Crippen molar-refractivity contribution in [1.29, 1.82) is 0 Å². The minimum Gasteiger partial charge on any atom is -0.450 e. The van der Waals surface area contributed by atoms with E-state index in [1.807, 2.05) is 0 Å². The molecule has 0 radical (unpaired) electrons. The summed E-state index contributed by atoms with van der Waals surface area (Å²) in [7, 11) is 0. The van der Waals surface area contributed by atoms with Crippen molar-refractivity contribution in [3.63, 3.8) is 0 Å². The van der Waals surface area contributed by atoms with Gasteiger partial charge in [0.25, 0.3) is 0 Å². The monoisotopic (exact) mass is 268 g/mol. The molecule has 1 heterocycles. The Morgan fingerprint density at radius 2 is 2.28 bits per heavy atom. The SMILES string of the molecule is O=C(O)O[C@@H](Cn1ncnn1)c1ccccc1Cl. The maximum atomic E-state index is 10.7. The van der Waals surface area contributed by atoms with Gasteiger partial charge in [0.15, 0.2) is 12.4 Å². The Morgan fingerprint density at radius 3 is 2.89 bits per heavy atom. The van der Waals surface area contributed by atoms with Crippen LogP contribution in [0.15, 0.2) is 30.6 Å². The maximum absolute atomic E-state index is 10.7. The summed E-state index contributed by atoms with van der Waals surface area (Å²) in [5.74, 6) is 0. The van der Waals surface area contributed by atoms with E-state index in [1.54, 1.807) is 24.3 Å². The molecule has 8 heteroatoms. The molecule has 1 atom stereocenters. The van der Waals surface area contributed by atoms with Crippen molar-refractivity contribution in [2.45, 2.75) is 12.6 Å². The molecule has 94 valence electrons. The smallest absolute Gasteiger partial charge is 0.450 e. The Hall–Kier alpha value is -2.15. The Labute approximate surface area is 107 Å². The van der Waals surface area contributed by atoms with Gasteiger partial charge in [0.1, 0.15) is 6.54 Å². The van der Waals surface area contributed by atoms with Crippen LogP contribution in [0.25, 0.3) is 0 Å². The van der Waals surface area contributed by atoms with Gasteiger partial charge >= 0.3 is 6.16 Å². The fraction of sp³-hybridized carbons (Fsp3) is 0.200. The number of rotatable bonds is 4. The van der Waals surface area contributed by atoms with E-state index in [4.69, 9.17) is 21.4 Å². The average Bonchev–Trinajstić information content (AvgIpc) is 2.81. The Morgan fingerprint density at radius 1 is 1.50 bits per heavy atom. The third-order valence-electron chi connectivity index (χ3n) is 2.22. The lowest BCUT2D eigenvalue weighted by molar-refractivity contribution is 0.0402. The number of carbonyl (C=O) groups is 1. The fourth-order valence-corrected chi connectivity index (χ4v) is 1.73. The highest BCUT2D eigenvalue weighted by atomic mass is 35.5. The summed E-state index contributed by atoms with van der Waals surface area (Å²) in [6, 6.07) is 6.84. The van der Waals surface area contributed by atoms with Crippen LogP contribution >= 0.6 is 11.6 Å². The highest BCUT2D eigenvalue weighted by Crippen LogP contribution is 2.26. The number of halogens is 1. The quantitative estimate of drug-likeness (QED) is 0.850. The van der Waals surface area contributed by atoms with Crippen LogP contribution in [-0.2, 0) is 11.3 Å². The van der Waals surface area contributed by atoms with Gasteiger partial charge in [0.2, 0.25) is 0 Å². The van der Waals surface area contributed by atoms with Crippen LogP contribution in [0.5, 0.6) is 0 Å². The summed E-state index contributed by atoms with van der Waals surface area (Å²) in [5.41, 5.74) is 0.555. The molecule has 2 rings (SSSR count). The molecule has 0 saturated heterocycles. The number of hydrogen-bond donors (Lipinski definition) is 1. The van der Waals surface area contributed by atoms with Crippen LogP contribution in [0, 0.1) is 0 Å². The van der Waals surface area contributed by atoms with Gasteiger partial charge in [-0.3, -0.25) is 0 Å². The van der Waals surface area contributed by atoms with E-state index in [2.05, 4.69) is 15.4 Å². The predicted octanol–water partition coefficient (Wildman–Crippen LogP) is 1.76. The summed E-state index contributed by atoms with van der Waals surface area (Å²) in [6.07, 6.45) is -0.921. The van der Waals surface area contributed by atoms with Gasteiger partial charge in [0, 0.05) is 10.6 Å². The van der Waals surface area contributed by atoms with Gasteiger partial charge in [-0.2, -0.15) is 4.80 Å². The second kappa shape index (κ2) is 5.46. The molecule has 0 amide bonds. The number of ether oxygens (including phenoxy) is 1. The standard InChI is InChI=1S/C10H9ClN4O3/c11-8-4-2-1-3-7(8)9(18-10(16)17)5-15-13-6-12-14-15/h1-4,6,9H,5H2,(H,16,17)/t9-/m0/s1. The van der Waals surface area contributed by atoms with E-state index in [1.165, 1.54) is 11.1 Å². The summed E-state index contributed by atoms with van der Waals surface area (Å²) in [6.45, 7) is 0.107. The van der Waals surface area contributed by atoms with E-state index < -0.39 is 12.3 Å². The van der Waals surface area contributed by atoms with Crippen molar-refractivity contribution in [1.82, 2.24) is 20.2 Å². The second-order valence-corrected chi connectivity index (χ2v) is 3.79. The molecule has 0 saturated carbocycles. The average molecular weight is 269 g/mol. The first-order valence-corrected chi connectivity index (χ1v) is 5.39. The molecule has 0 aliphatic carbocycles. The zero-order chi connectivity index (χ0) is 13.0. The molecule has 7 nitrogen and oxygen atoms in total. The lowest BCUT2D eigenvalue weighted by Gasteiger charge is -2.16. The number of nitrogens with zero attached hydrogens (tertiary/aromatic N) is 4. The van der Waals surface area contributed by atoms with Crippen molar-refractivity contribution in [3.05, 3.63) is 41.2 Å². The van der Waals surface area contributed by atoms with Gasteiger partial charge in [-0.25, -0.2) is 4.79 Å². The van der Waals surface area contributed by atoms with Crippen molar-refractivity contribution in [3.8, 4) is 0 Å². The van der Waals surface area contributed by atoms with Crippen molar-refractivity contribution in [2.75, 3.05) is 0 Å². The molecule has 0 unspecified atom stereocenters. The molecule has 2 aromatic rings. The first-order valence-electron chi connectivity index (χ1n) is 5.01. The van der Waals surface area contributed by atoms with E-state index in [0.717, 1.165) is 0 Å². The first kappa shape index (κ1) is 12.3. The number of aromatic nitrogens is 4. The van der Waals surface area contributed by atoms with Crippen LogP contribution in [0.4, 0.5) is 4.79 Å². The summed E-state index contributed by atoms with van der Waals surface area (Å²) < 4.78 is 4.79. The van der Waals surface area contributed by atoms with Crippen LogP contribution in [-0.4, -0.2) is 31.5 Å². The van der Waals surface area contributed by atoms with Gasteiger partial charge in [-0.15, -0.1) is 10.2 Å². The topological polar surface area (TPSA) is 90.1 Å². The number of benzene rings is 1. The molecule has 0 aliphatic rings. The molecule has 0 spiro atoms. The lowest BCUT2D eigenvalue weighted by Crippen LogP contribution is -2.17. The van der Waals surface area contributed by atoms with Gasteiger partial charge in [0.05, 0.1) is 0 Å². The molecule has 1 aromatic heterocycles. The molecule has 0 bridgehead atoms. The van der Waals surface area contributed by atoms with Crippen molar-refractivity contribution < 1.29 is 14.6 Å². The van der Waals surface area contributed by atoms with Crippen LogP contribution in [0.3, 0.4) is 0 Å². The largest absolute Gasteiger partial charge is 0.506 e. The number of hydrogen-bond acceptors (Lipinski definition) is 5. The molecule has 1 N–H and O–H groups in total. The zero-order valence-corrected chi connectivity index (χ0v) is 9.86. The van der Waals surface area contributed by atoms with Gasteiger partial charge < -0.3 is 9.84 Å². The van der Waals surface area contributed by atoms with Crippen molar-refractivity contribution in [2.24, 2.45) is 0 Å². The van der Waals surface area contributed by atoms with E-state index in [0.29, 0.717) is 10.6 Å².